The highest BCUT2D eigenvalue weighted by atomic mass is 32.2. The second-order valence-electron chi connectivity index (χ2n) is 6.67. The van der Waals surface area contributed by atoms with Gasteiger partial charge in [-0.15, -0.1) is 0 Å². The zero-order valence-corrected chi connectivity index (χ0v) is 16.2. The monoisotopic (exact) mass is 392 g/mol. The zero-order chi connectivity index (χ0) is 19.9. The molecule has 0 N–H and O–H groups in total. The molecule has 1 aliphatic heterocycles. The molecule has 0 spiro atoms. The van der Waals surface area contributed by atoms with E-state index in [9.17, 15) is 18.0 Å². The van der Waals surface area contributed by atoms with E-state index < -0.39 is 27.7 Å². The zero-order valence-electron chi connectivity index (χ0n) is 15.4. The number of nitriles is 1. The Hall–Kier alpha value is -2.40. The van der Waals surface area contributed by atoms with E-state index in [1.165, 1.54) is 24.3 Å². The number of nitrogens with zero attached hydrogens (tertiary/aromatic N) is 2. The average Bonchev–Trinajstić information content (AvgIpc) is 2.90. The Bertz CT molecular complexity index is 803. The molecular formula is C19H24N2O5S. The van der Waals surface area contributed by atoms with Crippen molar-refractivity contribution < 1.29 is 22.7 Å². The van der Waals surface area contributed by atoms with Crippen LogP contribution in [0.1, 0.15) is 48.5 Å². The van der Waals surface area contributed by atoms with Gasteiger partial charge in [0.05, 0.1) is 17.4 Å². The van der Waals surface area contributed by atoms with Crippen LogP contribution in [0.4, 0.5) is 0 Å². The molecule has 1 aromatic carbocycles. The Kier molecular flexibility index (Phi) is 7.36. The molecule has 1 amide bonds. The van der Waals surface area contributed by atoms with Gasteiger partial charge < -0.3 is 9.64 Å². The molecule has 1 aliphatic rings. The highest BCUT2D eigenvalue weighted by molar-refractivity contribution is 7.90. The molecule has 0 radical (unpaired) electrons. The fraction of sp³-hybridized carbons (Fsp3) is 0.526. The number of amides is 1. The molecule has 1 aromatic rings. The van der Waals surface area contributed by atoms with E-state index in [-0.39, 0.29) is 17.2 Å². The van der Waals surface area contributed by atoms with Crippen molar-refractivity contribution >= 4 is 21.7 Å². The summed E-state index contributed by atoms with van der Waals surface area (Å²) in [4.78, 5) is 26.4. The summed E-state index contributed by atoms with van der Waals surface area (Å²) in [6.45, 7) is 2.94. The Morgan fingerprint density at radius 2 is 1.74 bits per heavy atom. The lowest BCUT2D eigenvalue weighted by atomic mass is 10.1. The van der Waals surface area contributed by atoms with Gasteiger partial charge in [-0.2, -0.15) is 5.26 Å². The summed E-state index contributed by atoms with van der Waals surface area (Å²) in [5.41, 5.74) is 0.724. The minimum absolute atomic E-state index is 0.190. The van der Waals surface area contributed by atoms with Crippen LogP contribution in [0.25, 0.3) is 0 Å². The van der Waals surface area contributed by atoms with Crippen LogP contribution in [-0.2, 0) is 25.1 Å². The molecule has 1 heterocycles. The maximum Gasteiger partial charge on any atom is 0.338 e. The molecule has 0 unspecified atom stereocenters. The summed E-state index contributed by atoms with van der Waals surface area (Å²) in [5.74, 6) is -1.63. The lowest BCUT2D eigenvalue weighted by Crippen LogP contribution is -2.40. The first-order chi connectivity index (χ1) is 12.8. The minimum atomic E-state index is -3.49. The summed E-state index contributed by atoms with van der Waals surface area (Å²) in [7, 11) is -3.49. The molecule has 146 valence electrons. The van der Waals surface area contributed by atoms with Gasteiger partial charge in [0.15, 0.2) is 15.9 Å². The maximum absolute atomic E-state index is 12.4. The van der Waals surface area contributed by atoms with Gasteiger partial charge in [0.25, 0.3) is 5.91 Å². The van der Waals surface area contributed by atoms with Crippen molar-refractivity contribution in [2.45, 2.75) is 44.5 Å². The van der Waals surface area contributed by atoms with Crippen LogP contribution in [0.2, 0.25) is 0 Å². The van der Waals surface area contributed by atoms with Gasteiger partial charge >= 0.3 is 5.97 Å². The summed E-state index contributed by atoms with van der Waals surface area (Å²) in [5, 5.41) is 8.51. The Labute approximate surface area is 159 Å². The molecule has 1 fully saturated rings. The molecule has 7 nitrogen and oxygen atoms in total. The van der Waals surface area contributed by atoms with E-state index in [1.807, 2.05) is 0 Å². The molecule has 2 rings (SSSR count). The van der Waals surface area contributed by atoms with Crippen LogP contribution in [0, 0.1) is 11.3 Å². The third-order valence-corrected chi connectivity index (χ3v) is 5.75. The molecule has 1 atom stereocenters. The summed E-state index contributed by atoms with van der Waals surface area (Å²) < 4.78 is 28.6. The Balaban J connectivity index is 1.95. The molecule has 1 saturated heterocycles. The van der Waals surface area contributed by atoms with E-state index in [1.54, 1.807) is 17.9 Å². The van der Waals surface area contributed by atoms with Gasteiger partial charge in [-0.3, -0.25) is 4.79 Å². The number of rotatable bonds is 6. The standard InChI is InChI=1S/C19H24N2O5S/c1-15(18(22)21-11-4-2-3-5-12-21)26-19(23)17-8-6-16(7-9-17)14-27(24,25)13-10-20/h6-9,15H,2-5,11-14H2,1H3/t15-/m1/s1. The number of hydrogen-bond acceptors (Lipinski definition) is 6. The lowest BCUT2D eigenvalue weighted by Gasteiger charge is -2.24. The van der Waals surface area contributed by atoms with Crippen molar-refractivity contribution in [1.82, 2.24) is 4.90 Å². The number of sulfone groups is 1. The van der Waals surface area contributed by atoms with E-state index >= 15 is 0 Å². The number of likely N-dealkylation sites (tertiary alicyclic amines) is 1. The molecule has 27 heavy (non-hydrogen) atoms. The first-order valence-corrected chi connectivity index (χ1v) is 10.8. The van der Waals surface area contributed by atoms with E-state index in [0.717, 1.165) is 25.7 Å². The topological polar surface area (TPSA) is 105 Å². The molecule has 0 aromatic heterocycles. The normalized spacial score (nSPS) is 16.1. The SMILES string of the molecule is C[C@@H](OC(=O)c1ccc(CS(=O)(=O)CC#N)cc1)C(=O)N1CCCCCC1. The molecule has 0 bridgehead atoms. The predicted molar refractivity (Wildman–Crippen MR) is 99.5 cm³/mol. The van der Waals surface area contributed by atoms with Crippen molar-refractivity contribution in [3.05, 3.63) is 35.4 Å². The number of ether oxygens (including phenoxy) is 1. The number of carbonyl (C=O) groups is 2. The van der Waals surface area contributed by atoms with Crippen LogP contribution < -0.4 is 0 Å². The average molecular weight is 392 g/mol. The number of carbonyl (C=O) groups excluding carboxylic acids is 2. The Morgan fingerprint density at radius 3 is 2.30 bits per heavy atom. The van der Waals surface area contributed by atoms with Crippen molar-refractivity contribution in [2.24, 2.45) is 0 Å². The summed E-state index contributed by atoms with van der Waals surface area (Å²) in [6.07, 6.45) is 3.26. The van der Waals surface area contributed by atoms with Crippen molar-refractivity contribution in [3.63, 3.8) is 0 Å². The highest BCUT2D eigenvalue weighted by Crippen LogP contribution is 2.14. The van der Waals surface area contributed by atoms with Crippen LogP contribution in [0.3, 0.4) is 0 Å². The number of esters is 1. The van der Waals surface area contributed by atoms with Gasteiger partial charge in [0, 0.05) is 13.1 Å². The van der Waals surface area contributed by atoms with Crippen molar-refractivity contribution in [1.29, 1.82) is 5.26 Å². The largest absolute Gasteiger partial charge is 0.449 e. The van der Waals surface area contributed by atoms with Gasteiger partial charge in [-0.05, 0) is 37.5 Å². The quantitative estimate of drug-likeness (QED) is 0.687. The first kappa shape index (κ1) is 20.9. The summed E-state index contributed by atoms with van der Waals surface area (Å²) in [6, 6.07) is 7.56. The van der Waals surface area contributed by atoms with Crippen LogP contribution in [0.15, 0.2) is 24.3 Å². The second-order valence-corrected chi connectivity index (χ2v) is 8.74. The third kappa shape index (κ3) is 6.36. The molecular weight excluding hydrogens is 368 g/mol. The van der Waals surface area contributed by atoms with E-state index in [4.69, 9.17) is 10.00 Å². The Morgan fingerprint density at radius 1 is 1.15 bits per heavy atom. The van der Waals surface area contributed by atoms with Gasteiger partial charge in [-0.1, -0.05) is 25.0 Å². The molecule has 0 aliphatic carbocycles. The highest BCUT2D eigenvalue weighted by Gasteiger charge is 2.25. The lowest BCUT2D eigenvalue weighted by molar-refractivity contribution is -0.139. The number of benzene rings is 1. The van der Waals surface area contributed by atoms with E-state index in [2.05, 4.69) is 0 Å². The smallest absolute Gasteiger partial charge is 0.338 e. The maximum atomic E-state index is 12.4. The molecule has 0 saturated carbocycles. The number of hydrogen-bond donors (Lipinski definition) is 0. The van der Waals surface area contributed by atoms with Crippen LogP contribution in [-0.4, -0.2) is 50.1 Å². The third-order valence-electron chi connectivity index (χ3n) is 4.41. The second kappa shape index (κ2) is 9.51. The molecule has 8 heteroatoms. The fourth-order valence-electron chi connectivity index (χ4n) is 2.97. The fourth-order valence-corrected chi connectivity index (χ4v) is 3.97. The van der Waals surface area contributed by atoms with Crippen molar-refractivity contribution in [3.8, 4) is 6.07 Å². The minimum Gasteiger partial charge on any atom is -0.449 e. The van der Waals surface area contributed by atoms with Gasteiger partial charge in [0.2, 0.25) is 0 Å². The summed E-state index contributed by atoms with van der Waals surface area (Å²) >= 11 is 0. The van der Waals surface area contributed by atoms with Crippen LogP contribution in [0.5, 0.6) is 0 Å². The predicted octanol–water partition coefficient (Wildman–Crippen LogP) is 2.07. The first-order valence-electron chi connectivity index (χ1n) is 8.98. The van der Waals surface area contributed by atoms with Gasteiger partial charge in [-0.25, -0.2) is 13.2 Å². The van der Waals surface area contributed by atoms with E-state index in [0.29, 0.717) is 18.7 Å². The van der Waals surface area contributed by atoms with Crippen LogP contribution >= 0.6 is 0 Å². The van der Waals surface area contributed by atoms with Gasteiger partial charge in [0.1, 0.15) is 5.75 Å². The van der Waals surface area contributed by atoms with Crippen molar-refractivity contribution in [2.75, 3.05) is 18.8 Å².